The predicted molar refractivity (Wildman–Crippen MR) is 159 cm³/mol. The van der Waals surface area contributed by atoms with Gasteiger partial charge in [-0.1, -0.05) is 100 Å². The minimum Gasteiger partial charge on any atom is -0.497 e. The van der Waals surface area contributed by atoms with Crippen LogP contribution in [0, 0.1) is 0 Å². The van der Waals surface area contributed by atoms with Crippen LogP contribution in [0.1, 0.15) is 21.5 Å². The Balaban J connectivity index is 2.27. The van der Waals surface area contributed by atoms with Gasteiger partial charge < -0.3 is 9.47 Å². The average molecular weight is 527 g/mol. The summed E-state index contributed by atoms with van der Waals surface area (Å²) in [5, 5.41) is 0. The van der Waals surface area contributed by atoms with Crippen molar-refractivity contribution < 1.29 is 14.3 Å². The van der Waals surface area contributed by atoms with Crippen LogP contribution >= 0.6 is 0 Å². The largest absolute Gasteiger partial charge is 0.497 e. The molecule has 0 aliphatic carbocycles. The lowest BCUT2D eigenvalue weighted by atomic mass is 10.1. The van der Waals surface area contributed by atoms with Crippen LogP contribution in [-0.2, 0) is 4.74 Å². The molecule has 0 unspecified atom stereocenters. The second kappa shape index (κ2) is 10.8. The second-order valence-electron chi connectivity index (χ2n) is 11.2. The summed E-state index contributed by atoms with van der Waals surface area (Å²) in [6, 6.07) is 16.1. The van der Waals surface area contributed by atoms with Crippen LogP contribution in [0.4, 0.5) is 0 Å². The number of carbonyl (C=O) groups excluding carboxylic acids is 1. The van der Waals surface area contributed by atoms with E-state index in [0.717, 1.165) is 11.3 Å². The van der Waals surface area contributed by atoms with Crippen molar-refractivity contribution in [3.63, 3.8) is 0 Å². The lowest BCUT2D eigenvalue weighted by Crippen LogP contribution is -2.78. The number of benzene rings is 2. The molecule has 0 heterocycles. The van der Waals surface area contributed by atoms with Gasteiger partial charge in [0.05, 0.1) is 35.0 Å². The van der Waals surface area contributed by atoms with Gasteiger partial charge in [0.15, 0.2) is 0 Å². The highest BCUT2D eigenvalue weighted by Gasteiger charge is 2.57. The smallest absolute Gasteiger partial charge is 0.337 e. The zero-order valence-corrected chi connectivity index (χ0v) is 26.7. The van der Waals surface area contributed by atoms with E-state index >= 15 is 0 Å². The Bertz CT molecular complexity index is 1030. The fourth-order valence-corrected chi connectivity index (χ4v) is 70.0. The van der Waals surface area contributed by atoms with Crippen molar-refractivity contribution in [2.75, 3.05) is 14.2 Å². The van der Waals surface area contributed by atoms with E-state index in [1.165, 1.54) is 12.7 Å². The van der Waals surface area contributed by atoms with Gasteiger partial charge in [-0.2, -0.15) is 0 Å². The molecular formula is C27H42O3Si4. The summed E-state index contributed by atoms with van der Waals surface area (Å²) in [5.74, 6) is 0.609. The van der Waals surface area contributed by atoms with E-state index in [2.05, 4.69) is 88.1 Å². The van der Waals surface area contributed by atoms with Gasteiger partial charge in [-0.25, -0.2) is 4.79 Å². The highest BCUT2D eigenvalue weighted by atomic mass is 29.8. The normalized spacial score (nSPS) is 13.5. The fourth-order valence-electron chi connectivity index (χ4n) is 4.20. The first-order valence-corrected chi connectivity index (χ1v) is 27.0. The number of methoxy groups -OCH3 is 2. The minimum atomic E-state index is -1.61. The van der Waals surface area contributed by atoms with Crippen LogP contribution < -0.4 is 4.74 Å². The molecule has 2 aromatic rings. The monoisotopic (exact) mass is 526 g/mol. The Morgan fingerprint density at radius 1 is 0.647 bits per heavy atom. The quantitative estimate of drug-likeness (QED) is 0.253. The summed E-state index contributed by atoms with van der Waals surface area (Å²) in [6.07, 6.45) is 4.63. The van der Waals surface area contributed by atoms with Crippen molar-refractivity contribution >= 4 is 47.5 Å². The molecule has 0 fully saturated rings. The molecule has 0 N–H and O–H groups in total. The second-order valence-corrected chi connectivity index (χ2v) is 51.0. The fraction of sp³-hybridized carbons (Fsp3) is 0.370. The van der Waals surface area contributed by atoms with E-state index in [1.807, 2.05) is 36.4 Å². The van der Waals surface area contributed by atoms with Gasteiger partial charge >= 0.3 is 5.97 Å². The standard InChI is InChI=1S/C27H42O3Si4/c1-29-26-17-13-24(14-18-26)20-22-32(5,6)34(9,10)33(7,8)31(3,4)21-19-23-11-15-25(16-12-23)27(28)30-2/h11-22H,1-10H3/b21-19+,22-20+. The molecule has 0 aromatic heterocycles. The Hall–Kier alpha value is -1.94. The molecular weight excluding hydrogens is 485 g/mol. The predicted octanol–water partition coefficient (Wildman–Crippen LogP) is 7.36. The van der Waals surface area contributed by atoms with Gasteiger partial charge in [0.25, 0.3) is 0 Å². The molecule has 0 radical (unpaired) electrons. The van der Waals surface area contributed by atoms with Gasteiger partial charge in [-0.3, -0.25) is 0 Å². The zero-order valence-electron chi connectivity index (χ0n) is 22.7. The number of carbonyl (C=O) groups is 1. The van der Waals surface area contributed by atoms with Crippen molar-refractivity contribution in [2.45, 2.75) is 52.4 Å². The summed E-state index contributed by atoms with van der Waals surface area (Å²) >= 11 is 0. The lowest BCUT2D eigenvalue weighted by molar-refractivity contribution is 0.0600. The number of hydrogen-bond acceptors (Lipinski definition) is 3. The summed E-state index contributed by atoms with van der Waals surface area (Å²) in [7, 11) is -3.11. The summed E-state index contributed by atoms with van der Waals surface area (Å²) in [5.41, 5.74) is 8.13. The molecule has 2 rings (SSSR count). The van der Waals surface area contributed by atoms with Gasteiger partial charge in [-0.15, -0.1) is 0 Å². The van der Waals surface area contributed by atoms with E-state index in [1.54, 1.807) is 7.11 Å². The van der Waals surface area contributed by atoms with Crippen LogP contribution in [0.2, 0.25) is 52.4 Å². The Labute approximate surface area is 210 Å². The minimum absolute atomic E-state index is 0.290. The molecule has 0 aliphatic heterocycles. The molecule has 0 spiro atoms. The molecule has 0 aliphatic rings. The summed E-state index contributed by atoms with van der Waals surface area (Å²) < 4.78 is 10.1. The van der Waals surface area contributed by atoms with Crippen LogP contribution in [0.25, 0.3) is 12.2 Å². The maximum atomic E-state index is 11.7. The van der Waals surface area contributed by atoms with E-state index in [9.17, 15) is 4.79 Å². The number of hydrogen-bond donors (Lipinski definition) is 0. The molecule has 0 atom stereocenters. The topological polar surface area (TPSA) is 35.5 Å². The van der Waals surface area contributed by atoms with Crippen LogP contribution in [0.5, 0.6) is 5.75 Å². The van der Waals surface area contributed by atoms with Crippen LogP contribution in [0.15, 0.2) is 59.9 Å². The first kappa shape index (κ1) is 28.3. The van der Waals surface area contributed by atoms with E-state index < -0.39 is 29.4 Å². The number of ether oxygens (including phenoxy) is 2. The number of esters is 1. The van der Waals surface area contributed by atoms with Crippen molar-refractivity contribution in [2.24, 2.45) is 0 Å². The summed E-state index contributed by atoms with van der Waals surface area (Å²) in [6.45, 7) is 20.9. The molecule has 0 saturated heterocycles. The SMILES string of the molecule is COC(=O)c1ccc(/C=C/[Si](C)(C)[Si](C)(C)[Si](C)(C)[Si](C)(C)/C=C/c2ccc(OC)cc2)cc1. The molecule has 3 nitrogen and oxygen atoms in total. The molecule has 34 heavy (non-hydrogen) atoms. The van der Waals surface area contributed by atoms with E-state index in [0.29, 0.717) is 5.56 Å². The molecule has 0 saturated carbocycles. The zero-order chi connectivity index (χ0) is 25.8. The van der Waals surface area contributed by atoms with Gasteiger partial charge in [-0.05, 0) is 35.4 Å². The third kappa shape index (κ3) is 6.00. The molecule has 7 heteroatoms. The molecule has 2 aromatic carbocycles. The van der Waals surface area contributed by atoms with E-state index in [4.69, 9.17) is 9.47 Å². The van der Waals surface area contributed by atoms with Crippen molar-refractivity contribution in [3.8, 4) is 5.75 Å². The van der Waals surface area contributed by atoms with Gasteiger partial charge in [0.1, 0.15) is 5.75 Å². The van der Waals surface area contributed by atoms with Gasteiger partial charge in [0, 0.05) is 14.2 Å². The van der Waals surface area contributed by atoms with Crippen molar-refractivity contribution in [1.82, 2.24) is 0 Å². The number of rotatable bonds is 9. The Kier molecular flexibility index (Phi) is 8.96. The first-order valence-electron chi connectivity index (χ1n) is 11.9. The van der Waals surface area contributed by atoms with Crippen molar-refractivity contribution in [3.05, 3.63) is 76.6 Å². The first-order chi connectivity index (χ1) is 15.7. The lowest BCUT2D eigenvalue weighted by Gasteiger charge is -2.53. The molecule has 184 valence electrons. The van der Waals surface area contributed by atoms with Crippen molar-refractivity contribution in [1.29, 1.82) is 0 Å². The maximum Gasteiger partial charge on any atom is 0.337 e. The Morgan fingerprint density at radius 3 is 1.38 bits per heavy atom. The Morgan fingerprint density at radius 2 is 1.03 bits per heavy atom. The van der Waals surface area contributed by atoms with Crippen LogP contribution in [0.3, 0.4) is 0 Å². The average Bonchev–Trinajstić information content (AvgIpc) is 2.81. The third-order valence-corrected chi connectivity index (χ3v) is 75.0. The highest BCUT2D eigenvalue weighted by Crippen LogP contribution is 2.37. The summed E-state index contributed by atoms with van der Waals surface area (Å²) in [4.78, 5) is 11.7. The molecule has 0 bridgehead atoms. The van der Waals surface area contributed by atoms with Crippen LogP contribution in [-0.4, -0.2) is 49.6 Å². The van der Waals surface area contributed by atoms with E-state index in [-0.39, 0.29) is 5.97 Å². The third-order valence-electron chi connectivity index (χ3n) is 8.62. The molecule has 0 amide bonds. The van der Waals surface area contributed by atoms with Gasteiger partial charge in [0.2, 0.25) is 0 Å². The highest BCUT2D eigenvalue weighted by molar-refractivity contribution is 7.84. The maximum absolute atomic E-state index is 11.7.